The van der Waals surface area contributed by atoms with Crippen molar-refractivity contribution in [2.24, 2.45) is 0 Å². The molecule has 1 radical (unpaired) electrons. The third-order valence-corrected chi connectivity index (χ3v) is 2.64. The molecule has 1 aromatic carbocycles. The SMILES string of the molecule is COc1ccc(C(=O)OO[CH]CC(C)OC)cc1OC. The molecule has 0 bridgehead atoms. The highest BCUT2D eigenvalue weighted by atomic mass is 17.2. The van der Waals surface area contributed by atoms with Gasteiger partial charge in [0.05, 0.1) is 25.9 Å². The second-order valence-electron chi connectivity index (χ2n) is 3.99. The monoisotopic (exact) mass is 283 g/mol. The fourth-order valence-corrected chi connectivity index (χ4v) is 1.36. The molecule has 1 unspecified atom stereocenters. The molecule has 0 aliphatic carbocycles. The van der Waals surface area contributed by atoms with Crippen LogP contribution in [-0.4, -0.2) is 33.4 Å². The average molecular weight is 283 g/mol. The Balaban J connectivity index is 2.51. The molecule has 0 saturated carbocycles. The number of methoxy groups -OCH3 is 3. The Morgan fingerprint density at radius 2 is 1.90 bits per heavy atom. The Morgan fingerprint density at radius 1 is 1.20 bits per heavy atom. The van der Waals surface area contributed by atoms with Gasteiger partial charge in [-0.05, 0) is 25.1 Å². The third kappa shape index (κ3) is 4.71. The van der Waals surface area contributed by atoms with Crippen LogP contribution in [0.2, 0.25) is 0 Å². The van der Waals surface area contributed by atoms with E-state index < -0.39 is 5.97 Å². The first-order chi connectivity index (χ1) is 9.62. The summed E-state index contributed by atoms with van der Waals surface area (Å²) in [5.41, 5.74) is 0.302. The minimum Gasteiger partial charge on any atom is -0.493 e. The summed E-state index contributed by atoms with van der Waals surface area (Å²) in [5.74, 6) is 0.358. The van der Waals surface area contributed by atoms with Gasteiger partial charge in [-0.3, -0.25) is 4.89 Å². The van der Waals surface area contributed by atoms with Crippen LogP contribution in [0.3, 0.4) is 0 Å². The van der Waals surface area contributed by atoms with Crippen molar-refractivity contribution in [1.29, 1.82) is 0 Å². The van der Waals surface area contributed by atoms with E-state index in [1.54, 1.807) is 19.2 Å². The van der Waals surface area contributed by atoms with Gasteiger partial charge in [0.2, 0.25) is 0 Å². The molecule has 6 nitrogen and oxygen atoms in total. The summed E-state index contributed by atoms with van der Waals surface area (Å²) < 4.78 is 15.2. The maximum Gasteiger partial charge on any atom is 0.373 e. The van der Waals surface area contributed by atoms with Crippen molar-refractivity contribution < 1.29 is 28.8 Å². The molecule has 20 heavy (non-hydrogen) atoms. The summed E-state index contributed by atoms with van der Waals surface area (Å²) in [6.45, 7) is 3.24. The lowest BCUT2D eigenvalue weighted by Crippen LogP contribution is -2.09. The normalized spacial score (nSPS) is 11.8. The zero-order valence-electron chi connectivity index (χ0n) is 12.0. The van der Waals surface area contributed by atoms with Gasteiger partial charge in [0.15, 0.2) is 11.5 Å². The molecular weight excluding hydrogens is 264 g/mol. The fourth-order valence-electron chi connectivity index (χ4n) is 1.36. The topological polar surface area (TPSA) is 63.2 Å². The minimum atomic E-state index is -0.618. The maximum atomic E-state index is 11.7. The summed E-state index contributed by atoms with van der Waals surface area (Å²) in [7, 11) is 4.60. The van der Waals surface area contributed by atoms with Crippen LogP contribution in [0, 0.1) is 6.61 Å². The van der Waals surface area contributed by atoms with Crippen LogP contribution >= 0.6 is 0 Å². The van der Waals surface area contributed by atoms with Crippen LogP contribution in [0.4, 0.5) is 0 Å². The zero-order valence-corrected chi connectivity index (χ0v) is 12.0. The molecular formula is C14H19O6. The lowest BCUT2D eigenvalue weighted by Gasteiger charge is -2.10. The summed E-state index contributed by atoms with van der Waals surface area (Å²) >= 11 is 0. The molecule has 0 heterocycles. The van der Waals surface area contributed by atoms with Gasteiger partial charge in [0, 0.05) is 13.5 Å². The second-order valence-corrected chi connectivity index (χ2v) is 3.99. The van der Waals surface area contributed by atoms with E-state index in [1.807, 2.05) is 6.92 Å². The predicted molar refractivity (Wildman–Crippen MR) is 71.4 cm³/mol. The molecule has 0 aromatic heterocycles. The molecule has 0 fully saturated rings. The number of rotatable bonds is 8. The summed E-state index contributed by atoms with van der Waals surface area (Å²) in [6.07, 6.45) is 0.505. The van der Waals surface area contributed by atoms with Crippen LogP contribution in [0.1, 0.15) is 23.7 Å². The van der Waals surface area contributed by atoms with Crippen LogP contribution in [0.15, 0.2) is 18.2 Å². The van der Waals surface area contributed by atoms with Crippen LogP contribution in [-0.2, 0) is 14.5 Å². The number of ether oxygens (including phenoxy) is 3. The minimum absolute atomic E-state index is 0.00483. The summed E-state index contributed by atoms with van der Waals surface area (Å²) in [5, 5.41) is 0. The quantitative estimate of drug-likeness (QED) is 0.414. The fraction of sp³-hybridized carbons (Fsp3) is 0.429. The number of carbonyl (C=O) groups is 1. The largest absolute Gasteiger partial charge is 0.493 e. The standard InChI is InChI=1S/C14H19O6/c1-10(16-2)7-8-19-20-14(15)11-5-6-12(17-3)13(9-11)18-4/h5-6,8-10H,7H2,1-4H3. The first kappa shape index (κ1) is 16.3. The van der Waals surface area contributed by atoms with E-state index in [0.717, 1.165) is 0 Å². The van der Waals surface area contributed by atoms with Gasteiger partial charge in [-0.15, -0.1) is 0 Å². The predicted octanol–water partition coefficient (Wildman–Crippen LogP) is 2.38. The van der Waals surface area contributed by atoms with Gasteiger partial charge in [-0.1, -0.05) is 0 Å². The highest BCUT2D eigenvalue weighted by Gasteiger charge is 2.13. The Morgan fingerprint density at radius 3 is 2.50 bits per heavy atom. The van der Waals surface area contributed by atoms with Gasteiger partial charge in [-0.2, -0.15) is 4.89 Å². The highest BCUT2D eigenvalue weighted by molar-refractivity contribution is 5.89. The van der Waals surface area contributed by atoms with Crippen molar-refractivity contribution in [3.63, 3.8) is 0 Å². The zero-order chi connectivity index (χ0) is 15.0. The van der Waals surface area contributed by atoms with E-state index in [1.165, 1.54) is 26.9 Å². The lowest BCUT2D eigenvalue weighted by atomic mass is 10.2. The Labute approximate surface area is 118 Å². The average Bonchev–Trinajstić information content (AvgIpc) is 2.50. The molecule has 1 rings (SSSR count). The number of hydrogen-bond acceptors (Lipinski definition) is 6. The molecule has 6 heteroatoms. The molecule has 0 spiro atoms. The highest BCUT2D eigenvalue weighted by Crippen LogP contribution is 2.27. The smallest absolute Gasteiger partial charge is 0.373 e. The Kier molecular flexibility index (Phi) is 6.83. The van der Waals surface area contributed by atoms with Gasteiger partial charge in [-0.25, -0.2) is 4.79 Å². The van der Waals surface area contributed by atoms with E-state index >= 15 is 0 Å². The molecule has 0 N–H and O–H groups in total. The molecule has 0 aliphatic heterocycles. The van der Waals surface area contributed by atoms with Crippen molar-refractivity contribution >= 4 is 5.97 Å². The van der Waals surface area contributed by atoms with Gasteiger partial charge < -0.3 is 14.2 Å². The van der Waals surface area contributed by atoms with Gasteiger partial charge >= 0.3 is 5.97 Å². The van der Waals surface area contributed by atoms with E-state index in [9.17, 15) is 4.79 Å². The molecule has 1 atom stereocenters. The van der Waals surface area contributed by atoms with Gasteiger partial charge in [0.1, 0.15) is 6.61 Å². The van der Waals surface area contributed by atoms with Crippen molar-refractivity contribution in [3.05, 3.63) is 30.4 Å². The number of benzene rings is 1. The second kappa shape index (κ2) is 8.39. The molecule has 0 amide bonds. The van der Waals surface area contributed by atoms with Crippen molar-refractivity contribution in [3.8, 4) is 11.5 Å². The summed E-state index contributed by atoms with van der Waals surface area (Å²) in [6, 6.07) is 4.69. The molecule has 0 aliphatic rings. The molecule has 1 aromatic rings. The van der Waals surface area contributed by atoms with Crippen molar-refractivity contribution in [1.82, 2.24) is 0 Å². The lowest BCUT2D eigenvalue weighted by molar-refractivity contribution is -0.215. The van der Waals surface area contributed by atoms with E-state index in [-0.39, 0.29) is 6.10 Å². The van der Waals surface area contributed by atoms with Crippen LogP contribution in [0.5, 0.6) is 11.5 Å². The third-order valence-electron chi connectivity index (χ3n) is 2.64. The van der Waals surface area contributed by atoms with Crippen molar-refractivity contribution in [2.75, 3.05) is 21.3 Å². The molecule has 0 saturated heterocycles. The van der Waals surface area contributed by atoms with E-state index in [4.69, 9.17) is 19.1 Å². The Hall–Kier alpha value is -1.79. The van der Waals surface area contributed by atoms with Crippen LogP contribution in [0.25, 0.3) is 0 Å². The van der Waals surface area contributed by atoms with Crippen LogP contribution < -0.4 is 9.47 Å². The maximum absolute atomic E-state index is 11.7. The number of hydrogen-bond donors (Lipinski definition) is 0. The van der Waals surface area contributed by atoms with Crippen molar-refractivity contribution in [2.45, 2.75) is 19.4 Å². The van der Waals surface area contributed by atoms with Gasteiger partial charge in [0.25, 0.3) is 0 Å². The first-order valence-electron chi connectivity index (χ1n) is 6.06. The number of carbonyl (C=O) groups excluding carboxylic acids is 1. The summed E-state index contributed by atoms with van der Waals surface area (Å²) in [4.78, 5) is 21.1. The first-order valence-corrected chi connectivity index (χ1v) is 6.06. The molecule has 111 valence electrons. The Bertz CT molecular complexity index is 432. The van der Waals surface area contributed by atoms with E-state index in [2.05, 4.69) is 4.89 Å². The van der Waals surface area contributed by atoms with E-state index in [0.29, 0.717) is 23.5 Å².